The molecule has 0 saturated carbocycles. The molecule has 0 aromatic carbocycles. The summed E-state index contributed by atoms with van der Waals surface area (Å²) in [4.78, 5) is 0. The number of rotatable bonds is 1. The van der Waals surface area contributed by atoms with Gasteiger partial charge in [0.25, 0.3) is 0 Å². The van der Waals surface area contributed by atoms with Crippen molar-refractivity contribution in [3.8, 4) is 0 Å². The van der Waals surface area contributed by atoms with Crippen LogP contribution in [0.1, 0.15) is 6.42 Å². The zero-order valence-corrected chi connectivity index (χ0v) is 7.19. The molecule has 1 nitrogen and oxygen atoms in total. The monoisotopic (exact) mass is 161 g/mol. The molecular formula is C11H15N. The van der Waals surface area contributed by atoms with Gasteiger partial charge in [0.15, 0.2) is 0 Å². The minimum absolute atomic E-state index is 0.599. The van der Waals surface area contributed by atoms with Crippen LogP contribution in [0.25, 0.3) is 0 Å². The second-order valence-electron chi connectivity index (χ2n) is 3.63. The van der Waals surface area contributed by atoms with Gasteiger partial charge < -0.3 is 5.73 Å². The van der Waals surface area contributed by atoms with Gasteiger partial charge in [0.2, 0.25) is 0 Å². The molecule has 2 rings (SSSR count). The molecule has 0 spiro atoms. The molecule has 64 valence electrons. The summed E-state index contributed by atoms with van der Waals surface area (Å²) >= 11 is 0. The predicted octanol–water partition coefficient (Wildman–Crippen LogP) is 1.88. The fraction of sp³-hybridized carbons (Fsp3) is 0.455. The van der Waals surface area contributed by atoms with Crippen LogP contribution >= 0.6 is 0 Å². The van der Waals surface area contributed by atoms with Crippen LogP contribution in [0.4, 0.5) is 0 Å². The lowest BCUT2D eigenvalue weighted by molar-refractivity contribution is 0.412. The average Bonchev–Trinajstić information content (AvgIpc) is 2.17. The molecule has 2 aliphatic carbocycles. The highest BCUT2D eigenvalue weighted by Crippen LogP contribution is 2.31. The largest absolute Gasteiger partial charge is 0.330 e. The normalized spacial score (nSPS) is 38.2. The molecule has 0 fully saturated rings. The maximum atomic E-state index is 5.63. The first-order chi connectivity index (χ1) is 5.90. The van der Waals surface area contributed by atoms with Gasteiger partial charge in [-0.15, -0.1) is 0 Å². The van der Waals surface area contributed by atoms with Gasteiger partial charge in [0.05, 0.1) is 0 Å². The molecule has 1 heteroatoms. The zero-order valence-electron chi connectivity index (χ0n) is 7.19. The number of fused-ring (bicyclic) bond motifs is 1. The van der Waals surface area contributed by atoms with Crippen LogP contribution < -0.4 is 5.73 Å². The molecule has 2 N–H and O–H groups in total. The van der Waals surface area contributed by atoms with Crippen LogP contribution in [0.2, 0.25) is 0 Å². The highest BCUT2D eigenvalue weighted by Gasteiger charge is 2.22. The molecule has 0 saturated heterocycles. The van der Waals surface area contributed by atoms with Gasteiger partial charge in [-0.2, -0.15) is 0 Å². The van der Waals surface area contributed by atoms with Crippen molar-refractivity contribution in [1.29, 1.82) is 0 Å². The summed E-state index contributed by atoms with van der Waals surface area (Å²) < 4.78 is 0. The number of allylic oxidation sites excluding steroid dienone is 5. The molecule has 0 aliphatic heterocycles. The Hall–Kier alpha value is -0.820. The van der Waals surface area contributed by atoms with E-state index >= 15 is 0 Å². The van der Waals surface area contributed by atoms with Gasteiger partial charge in [-0.05, 0) is 24.8 Å². The van der Waals surface area contributed by atoms with E-state index in [0.717, 1.165) is 6.54 Å². The lowest BCUT2D eigenvalue weighted by Gasteiger charge is -2.28. The van der Waals surface area contributed by atoms with E-state index in [9.17, 15) is 0 Å². The minimum atomic E-state index is 0.599. The number of nitrogens with two attached hydrogens (primary N) is 1. The Morgan fingerprint density at radius 2 is 1.92 bits per heavy atom. The molecule has 3 atom stereocenters. The van der Waals surface area contributed by atoms with Crippen molar-refractivity contribution >= 4 is 0 Å². The van der Waals surface area contributed by atoms with Gasteiger partial charge >= 0.3 is 0 Å². The quantitative estimate of drug-likeness (QED) is 0.584. The first-order valence-electron chi connectivity index (χ1n) is 4.63. The zero-order chi connectivity index (χ0) is 8.39. The molecule has 0 bridgehead atoms. The Morgan fingerprint density at radius 3 is 2.75 bits per heavy atom. The van der Waals surface area contributed by atoms with Crippen molar-refractivity contribution in [2.75, 3.05) is 6.54 Å². The van der Waals surface area contributed by atoms with Crippen molar-refractivity contribution in [2.24, 2.45) is 23.5 Å². The Kier molecular flexibility index (Phi) is 2.13. The van der Waals surface area contributed by atoms with Gasteiger partial charge in [-0.3, -0.25) is 0 Å². The third-order valence-corrected chi connectivity index (χ3v) is 2.78. The van der Waals surface area contributed by atoms with E-state index in [1.54, 1.807) is 0 Å². The van der Waals surface area contributed by atoms with Gasteiger partial charge in [0.1, 0.15) is 0 Å². The first-order valence-corrected chi connectivity index (χ1v) is 4.63. The van der Waals surface area contributed by atoms with Crippen LogP contribution in [0, 0.1) is 17.8 Å². The summed E-state index contributed by atoms with van der Waals surface area (Å²) in [5, 5.41) is 0. The molecule has 3 unspecified atom stereocenters. The van der Waals surface area contributed by atoms with E-state index < -0.39 is 0 Å². The molecular weight excluding hydrogens is 146 g/mol. The summed E-state index contributed by atoms with van der Waals surface area (Å²) in [6.45, 7) is 0.789. The SMILES string of the molecule is NCC1C=CC2C=CC=CC2C1. The Bertz CT molecular complexity index is 237. The fourth-order valence-electron chi connectivity index (χ4n) is 2.00. The van der Waals surface area contributed by atoms with E-state index in [0.29, 0.717) is 17.8 Å². The summed E-state index contributed by atoms with van der Waals surface area (Å²) in [7, 11) is 0. The first kappa shape index (κ1) is 7.81. The van der Waals surface area contributed by atoms with Crippen LogP contribution in [-0.4, -0.2) is 6.54 Å². The molecule has 12 heavy (non-hydrogen) atoms. The van der Waals surface area contributed by atoms with E-state index in [4.69, 9.17) is 5.73 Å². The van der Waals surface area contributed by atoms with E-state index in [1.165, 1.54) is 6.42 Å². The number of hydrogen-bond acceptors (Lipinski definition) is 1. The summed E-state index contributed by atoms with van der Waals surface area (Å²) in [6.07, 6.45) is 14.6. The third-order valence-electron chi connectivity index (χ3n) is 2.78. The third kappa shape index (κ3) is 1.37. The summed E-state index contributed by atoms with van der Waals surface area (Å²) in [5.74, 6) is 1.94. The van der Waals surface area contributed by atoms with Crippen LogP contribution in [0.3, 0.4) is 0 Å². The van der Waals surface area contributed by atoms with Crippen molar-refractivity contribution in [2.45, 2.75) is 6.42 Å². The van der Waals surface area contributed by atoms with Crippen molar-refractivity contribution in [1.82, 2.24) is 0 Å². The molecule has 0 amide bonds. The maximum absolute atomic E-state index is 5.63. The highest BCUT2D eigenvalue weighted by atomic mass is 14.5. The Morgan fingerprint density at radius 1 is 1.08 bits per heavy atom. The van der Waals surface area contributed by atoms with Gasteiger partial charge in [0, 0.05) is 5.92 Å². The fourth-order valence-corrected chi connectivity index (χ4v) is 2.00. The van der Waals surface area contributed by atoms with Crippen LogP contribution in [0.15, 0.2) is 36.5 Å². The van der Waals surface area contributed by atoms with Crippen molar-refractivity contribution in [3.63, 3.8) is 0 Å². The van der Waals surface area contributed by atoms with E-state index in [1.807, 2.05) is 0 Å². The minimum Gasteiger partial charge on any atom is -0.330 e. The number of hydrogen-bond donors (Lipinski definition) is 1. The second kappa shape index (κ2) is 3.28. The molecule has 0 aromatic heterocycles. The summed E-state index contributed by atoms with van der Waals surface area (Å²) in [6, 6.07) is 0. The van der Waals surface area contributed by atoms with Crippen LogP contribution in [-0.2, 0) is 0 Å². The maximum Gasteiger partial charge on any atom is 0.00129 e. The second-order valence-corrected chi connectivity index (χ2v) is 3.63. The average molecular weight is 161 g/mol. The van der Waals surface area contributed by atoms with E-state index in [-0.39, 0.29) is 0 Å². The topological polar surface area (TPSA) is 26.0 Å². The van der Waals surface area contributed by atoms with Gasteiger partial charge in [-0.25, -0.2) is 0 Å². The highest BCUT2D eigenvalue weighted by molar-refractivity contribution is 5.21. The molecule has 2 aliphatic rings. The Balaban J connectivity index is 2.13. The predicted molar refractivity (Wildman–Crippen MR) is 51.6 cm³/mol. The summed E-state index contributed by atoms with van der Waals surface area (Å²) in [5.41, 5.74) is 5.63. The molecule has 0 heterocycles. The van der Waals surface area contributed by atoms with E-state index in [2.05, 4.69) is 36.5 Å². The Labute approximate surface area is 73.6 Å². The van der Waals surface area contributed by atoms with Crippen molar-refractivity contribution in [3.05, 3.63) is 36.5 Å². The van der Waals surface area contributed by atoms with Gasteiger partial charge in [-0.1, -0.05) is 36.5 Å². The lowest BCUT2D eigenvalue weighted by Crippen LogP contribution is -2.23. The lowest BCUT2D eigenvalue weighted by atomic mass is 9.77. The smallest absolute Gasteiger partial charge is 0.00129 e. The molecule has 0 aromatic rings. The van der Waals surface area contributed by atoms with Crippen molar-refractivity contribution < 1.29 is 0 Å². The molecule has 0 radical (unpaired) electrons. The standard InChI is InChI=1S/C11H15N/c12-8-9-5-6-10-3-1-2-4-11(10)7-9/h1-6,9-11H,7-8,12H2. The van der Waals surface area contributed by atoms with Crippen LogP contribution in [0.5, 0.6) is 0 Å².